The number of aromatic nitrogens is 2. The number of nitrogens with one attached hydrogen (secondary N) is 1. The highest BCUT2D eigenvalue weighted by atomic mass is 16.2. The van der Waals surface area contributed by atoms with Gasteiger partial charge in [0.2, 0.25) is 5.91 Å². The van der Waals surface area contributed by atoms with Crippen LogP contribution in [0.2, 0.25) is 0 Å². The molecule has 2 aromatic rings. The number of piperidine rings is 1. The summed E-state index contributed by atoms with van der Waals surface area (Å²) in [6.45, 7) is 6.20. The summed E-state index contributed by atoms with van der Waals surface area (Å²) in [6.07, 6.45) is 4.21. The Balaban J connectivity index is 1.54. The smallest absolute Gasteiger partial charge is 0.268 e. The molecule has 1 fully saturated rings. The molecule has 0 bridgehead atoms. The maximum atomic E-state index is 12.6. The van der Waals surface area contributed by atoms with Crippen LogP contribution >= 0.6 is 0 Å². The molecule has 0 radical (unpaired) electrons. The van der Waals surface area contributed by atoms with Gasteiger partial charge in [-0.2, -0.15) is 5.10 Å². The van der Waals surface area contributed by atoms with Crippen molar-refractivity contribution in [1.29, 1.82) is 0 Å². The molecule has 6 nitrogen and oxygen atoms in total. The number of rotatable bonds is 6. The first-order valence-corrected chi connectivity index (χ1v) is 9.76. The van der Waals surface area contributed by atoms with Gasteiger partial charge in [0.05, 0.1) is 17.9 Å². The second-order valence-corrected chi connectivity index (χ2v) is 7.18. The minimum absolute atomic E-state index is 0.00656. The van der Waals surface area contributed by atoms with Gasteiger partial charge in [-0.25, -0.2) is 4.68 Å². The standard InChI is InChI=1S/C21H28N4O2/c1-3-11-25-20(26)14-19(15-22-25)24-12-9-18(10-13-24)21(27)23-16(2)17-7-5-4-6-8-17/h4-8,14-16,18H,3,9-13H2,1-2H3,(H,23,27)/t16-/m0/s1. The number of nitrogens with zero attached hydrogens (tertiary/aromatic N) is 3. The number of aryl methyl sites for hydroxylation is 1. The summed E-state index contributed by atoms with van der Waals surface area (Å²) >= 11 is 0. The van der Waals surface area contributed by atoms with Crippen molar-refractivity contribution in [3.05, 3.63) is 58.5 Å². The van der Waals surface area contributed by atoms with Gasteiger partial charge in [0.1, 0.15) is 0 Å². The molecule has 0 aliphatic carbocycles. The number of hydrogen-bond acceptors (Lipinski definition) is 4. The van der Waals surface area contributed by atoms with Gasteiger partial charge in [-0.15, -0.1) is 0 Å². The van der Waals surface area contributed by atoms with Crippen LogP contribution in [0.5, 0.6) is 0 Å². The van der Waals surface area contributed by atoms with Crippen molar-refractivity contribution < 1.29 is 4.79 Å². The fourth-order valence-corrected chi connectivity index (χ4v) is 3.53. The summed E-state index contributed by atoms with van der Waals surface area (Å²) in [5.41, 5.74) is 1.90. The predicted octanol–water partition coefficient (Wildman–Crippen LogP) is 2.75. The molecule has 3 rings (SSSR count). The average molecular weight is 368 g/mol. The van der Waals surface area contributed by atoms with E-state index in [4.69, 9.17) is 0 Å². The summed E-state index contributed by atoms with van der Waals surface area (Å²) in [6, 6.07) is 11.7. The van der Waals surface area contributed by atoms with E-state index >= 15 is 0 Å². The molecule has 6 heteroatoms. The van der Waals surface area contributed by atoms with E-state index in [-0.39, 0.29) is 23.4 Å². The first kappa shape index (κ1) is 19.1. The third-order valence-corrected chi connectivity index (χ3v) is 5.18. The van der Waals surface area contributed by atoms with Gasteiger partial charge >= 0.3 is 0 Å². The molecule has 1 saturated heterocycles. The van der Waals surface area contributed by atoms with Crippen LogP contribution in [0, 0.1) is 5.92 Å². The Labute approximate surface area is 160 Å². The molecular formula is C21H28N4O2. The van der Waals surface area contributed by atoms with E-state index in [0.717, 1.165) is 43.6 Å². The van der Waals surface area contributed by atoms with Gasteiger partial charge in [0, 0.05) is 31.6 Å². The van der Waals surface area contributed by atoms with Gasteiger partial charge < -0.3 is 10.2 Å². The van der Waals surface area contributed by atoms with Crippen molar-refractivity contribution in [2.75, 3.05) is 18.0 Å². The first-order chi connectivity index (χ1) is 13.1. The van der Waals surface area contributed by atoms with Crippen LogP contribution in [0.3, 0.4) is 0 Å². The van der Waals surface area contributed by atoms with Gasteiger partial charge in [0.25, 0.3) is 5.56 Å². The van der Waals surface area contributed by atoms with Crippen LogP contribution in [0.15, 0.2) is 47.4 Å². The number of anilines is 1. The minimum Gasteiger partial charge on any atom is -0.370 e. The average Bonchev–Trinajstić information content (AvgIpc) is 2.70. The Morgan fingerprint density at radius 1 is 1.26 bits per heavy atom. The van der Waals surface area contributed by atoms with Crippen LogP contribution < -0.4 is 15.8 Å². The van der Waals surface area contributed by atoms with Crippen molar-refractivity contribution in [3.63, 3.8) is 0 Å². The zero-order valence-corrected chi connectivity index (χ0v) is 16.1. The Kier molecular flexibility index (Phi) is 6.27. The highest BCUT2D eigenvalue weighted by Crippen LogP contribution is 2.23. The maximum absolute atomic E-state index is 12.6. The largest absolute Gasteiger partial charge is 0.370 e. The fourth-order valence-electron chi connectivity index (χ4n) is 3.53. The van der Waals surface area contributed by atoms with E-state index in [9.17, 15) is 9.59 Å². The van der Waals surface area contributed by atoms with Crippen molar-refractivity contribution in [1.82, 2.24) is 15.1 Å². The molecule has 1 atom stereocenters. The predicted molar refractivity (Wildman–Crippen MR) is 107 cm³/mol. The minimum atomic E-state index is -0.0640. The number of hydrogen-bond donors (Lipinski definition) is 1. The van der Waals surface area contributed by atoms with Crippen molar-refractivity contribution >= 4 is 11.6 Å². The van der Waals surface area contributed by atoms with Gasteiger partial charge in [-0.05, 0) is 31.7 Å². The molecule has 1 N–H and O–H groups in total. The summed E-state index contributed by atoms with van der Waals surface area (Å²) in [5.74, 6) is 0.128. The molecule has 1 aliphatic heterocycles. The summed E-state index contributed by atoms with van der Waals surface area (Å²) in [5, 5.41) is 7.38. The third kappa shape index (κ3) is 4.76. The molecule has 1 aromatic heterocycles. The normalized spacial score (nSPS) is 16.1. The molecule has 1 aliphatic rings. The number of carbonyl (C=O) groups excluding carboxylic acids is 1. The number of carbonyl (C=O) groups is 1. The highest BCUT2D eigenvalue weighted by Gasteiger charge is 2.26. The molecule has 0 unspecified atom stereocenters. The molecule has 27 heavy (non-hydrogen) atoms. The van der Waals surface area contributed by atoms with Crippen LogP contribution in [-0.2, 0) is 11.3 Å². The van der Waals surface area contributed by atoms with Gasteiger partial charge in [0.15, 0.2) is 0 Å². The third-order valence-electron chi connectivity index (χ3n) is 5.18. The zero-order valence-electron chi connectivity index (χ0n) is 16.1. The first-order valence-electron chi connectivity index (χ1n) is 9.76. The quantitative estimate of drug-likeness (QED) is 0.851. The van der Waals surface area contributed by atoms with E-state index in [1.54, 1.807) is 12.3 Å². The molecule has 144 valence electrons. The lowest BCUT2D eigenvalue weighted by molar-refractivity contribution is -0.126. The summed E-state index contributed by atoms with van der Waals surface area (Å²) in [4.78, 5) is 26.9. The molecule has 1 amide bonds. The molecule has 0 spiro atoms. The van der Waals surface area contributed by atoms with E-state index in [0.29, 0.717) is 6.54 Å². The Bertz CT molecular complexity index is 810. The topological polar surface area (TPSA) is 67.2 Å². The highest BCUT2D eigenvalue weighted by molar-refractivity contribution is 5.79. The van der Waals surface area contributed by atoms with Crippen molar-refractivity contribution in [2.24, 2.45) is 5.92 Å². The lowest BCUT2D eigenvalue weighted by atomic mass is 9.95. The van der Waals surface area contributed by atoms with Crippen LogP contribution in [-0.4, -0.2) is 28.8 Å². The lowest BCUT2D eigenvalue weighted by Crippen LogP contribution is -2.41. The van der Waals surface area contributed by atoms with Crippen LogP contribution in [0.1, 0.15) is 44.7 Å². The van der Waals surface area contributed by atoms with Crippen molar-refractivity contribution in [2.45, 2.75) is 45.7 Å². The Morgan fingerprint density at radius 2 is 1.96 bits per heavy atom. The van der Waals surface area contributed by atoms with Crippen LogP contribution in [0.4, 0.5) is 5.69 Å². The van der Waals surface area contributed by atoms with E-state index in [1.807, 2.05) is 44.2 Å². The Morgan fingerprint density at radius 3 is 2.59 bits per heavy atom. The molecule has 1 aromatic carbocycles. The Hall–Kier alpha value is -2.63. The van der Waals surface area contributed by atoms with Gasteiger partial charge in [-0.1, -0.05) is 37.3 Å². The summed E-state index contributed by atoms with van der Waals surface area (Å²) in [7, 11) is 0. The number of benzene rings is 1. The molecule has 2 heterocycles. The van der Waals surface area contributed by atoms with E-state index < -0.39 is 0 Å². The molecular weight excluding hydrogens is 340 g/mol. The summed E-state index contributed by atoms with van der Waals surface area (Å²) < 4.78 is 1.49. The lowest BCUT2D eigenvalue weighted by Gasteiger charge is -2.33. The second-order valence-electron chi connectivity index (χ2n) is 7.18. The number of amides is 1. The SMILES string of the molecule is CCCn1ncc(N2CCC(C(=O)N[C@@H](C)c3ccccc3)CC2)cc1=O. The fraction of sp³-hybridized carbons (Fsp3) is 0.476. The second kappa shape index (κ2) is 8.84. The molecule has 0 saturated carbocycles. The van der Waals surface area contributed by atoms with Crippen LogP contribution in [0.25, 0.3) is 0 Å². The van der Waals surface area contributed by atoms with E-state index in [2.05, 4.69) is 15.3 Å². The van der Waals surface area contributed by atoms with Gasteiger partial charge in [-0.3, -0.25) is 9.59 Å². The monoisotopic (exact) mass is 368 g/mol. The zero-order chi connectivity index (χ0) is 19.2. The van der Waals surface area contributed by atoms with E-state index in [1.165, 1.54) is 4.68 Å². The van der Waals surface area contributed by atoms with Crippen molar-refractivity contribution in [3.8, 4) is 0 Å². The maximum Gasteiger partial charge on any atom is 0.268 e.